The number of carbonyl (C=O) groups is 1. The van der Waals surface area contributed by atoms with Crippen molar-refractivity contribution in [3.63, 3.8) is 0 Å². The monoisotopic (exact) mass is 708 g/mol. The average molecular weight is 709 g/mol. The number of hydrogen-bond donors (Lipinski definition) is 1. The second-order valence-electron chi connectivity index (χ2n) is 12.3. The van der Waals surface area contributed by atoms with Crippen LogP contribution in [0.2, 0.25) is 0 Å². The summed E-state index contributed by atoms with van der Waals surface area (Å²) in [7, 11) is 0. The third kappa shape index (κ3) is 10.4. The quantitative estimate of drug-likeness (QED) is 0.0512. The lowest BCUT2D eigenvalue weighted by molar-refractivity contribution is -0.137. The minimum Gasteiger partial charge on any atom is -0.491 e. The molecule has 266 valence electrons. The molecule has 10 heteroatoms. The highest BCUT2D eigenvalue weighted by molar-refractivity contribution is 7.21. The van der Waals surface area contributed by atoms with Crippen LogP contribution in [0.4, 0.5) is 17.6 Å². The largest absolute Gasteiger partial charge is 0.491 e. The van der Waals surface area contributed by atoms with E-state index in [2.05, 4.69) is 16.9 Å². The zero-order valence-corrected chi connectivity index (χ0v) is 29.9. The Bertz CT molecular complexity index is 1860. The summed E-state index contributed by atoms with van der Waals surface area (Å²) >= 11 is 1.02. The van der Waals surface area contributed by atoms with E-state index < -0.39 is 17.6 Å². The summed E-state index contributed by atoms with van der Waals surface area (Å²) in [6.07, 6.45) is 2.45. The number of Topliss-reactive ketones (excluding diaryl/α,β-unsaturated/α-hetero) is 1. The number of nitrogens with one attached hydrogen (secondary N) is 1. The first-order valence-electron chi connectivity index (χ1n) is 16.8. The summed E-state index contributed by atoms with van der Waals surface area (Å²) in [5.41, 5.74) is 2.69. The van der Waals surface area contributed by atoms with Crippen molar-refractivity contribution in [1.29, 1.82) is 0 Å². The van der Waals surface area contributed by atoms with E-state index >= 15 is 0 Å². The Morgan fingerprint density at radius 2 is 1.80 bits per heavy atom. The van der Waals surface area contributed by atoms with Crippen molar-refractivity contribution in [3.05, 3.63) is 113 Å². The number of ether oxygens (including phenoxy) is 2. The molecule has 0 aliphatic carbocycles. The molecule has 1 aromatic heterocycles. The Morgan fingerprint density at radius 3 is 2.50 bits per heavy atom. The number of nitrogens with zero attached hydrogens (tertiary/aromatic N) is 1. The van der Waals surface area contributed by atoms with E-state index in [1.807, 2.05) is 58.9 Å². The number of benzene rings is 3. The molecule has 0 aliphatic heterocycles. The van der Waals surface area contributed by atoms with Gasteiger partial charge in [-0.15, -0.1) is 11.3 Å². The summed E-state index contributed by atoms with van der Waals surface area (Å²) in [5.74, 6) is 0.462. The van der Waals surface area contributed by atoms with Crippen molar-refractivity contribution in [1.82, 2.24) is 10.3 Å². The van der Waals surface area contributed by atoms with Gasteiger partial charge in [0.05, 0.1) is 29.0 Å². The van der Waals surface area contributed by atoms with Crippen LogP contribution in [0.3, 0.4) is 0 Å². The third-order valence-corrected chi connectivity index (χ3v) is 9.21. The fourth-order valence-electron chi connectivity index (χ4n) is 5.14. The molecule has 3 aromatic carbocycles. The van der Waals surface area contributed by atoms with Crippen LogP contribution in [0.15, 0.2) is 85.1 Å². The molecule has 5 nitrogen and oxygen atoms in total. The van der Waals surface area contributed by atoms with Gasteiger partial charge >= 0.3 is 6.18 Å². The van der Waals surface area contributed by atoms with Gasteiger partial charge in [0.1, 0.15) is 23.2 Å². The molecule has 1 atom stereocenters. The highest BCUT2D eigenvalue weighted by atomic mass is 32.1. The van der Waals surface area contributed by atoms with Gasteiger partial charge in [-0.05, 0) is 77.6 Å². The fraction of sp³-hybridized carbons (Fsp3) is 0.350. The Hall–Kier alpha value is -4.28. The number of alkyl halides is 3. The van der Waals surface area contributed by atoms with Gasteiger partial charge in [-0.2, -0.15) is 13.2 Å². The number of allylic oxidation sites excluding steroid dienone is 4. The normalized spacial score (nSPS) is 13.0. The highest BCUT2D eigenvalue weighted by Gasteiger charge is 2.35. The van der Waals surface area contributed by atoms with E-state index in [4.69, 9.17) is 9.47 Å². The average Bonchev–Trinajstić information content (AvgIpc) is 3.51. The first-order chi connectivity index (χ1) is 23.8. The Morgan fingerprint density at radius 1 is 1.02 bits per heavy atom. The predicted molar refractivity (Wildman–Crippen MR) is 195 cm³/mol. The molecular formula is C40H44F4N2O3S. The lowest BCUT2D eigenvalue weighted by Gasteiger charge is -2.15. The van der Waals surface area contributed by atoms with Gasteiger partial charge in [-0.1, -0.05) is 71.9 Å². The standard InChI is InChI=1S/C40H44F4N2O3S/c1-7-26(5)9-10-29(30-11-14-34(35(23-30)40(42,43)44)39-46-36-16-12-31(41)24-37(36)50-39)21-27(6)45-17-18-48-19-20-49-32-13-15-33(28(8-2)22-32)38(47)25(3)4/h9-16,21-26,45H,6-8,17-20H2,1-5H3/b10-9-,29-21+. The second-order valence-corrected chi connectivity index (χ2v) is 13.4. The lowest BCUT2D eigenvalue weighted by Crippen LogP contribution is -2.19. The summed E-state index contributed by atoms with van der Waals surface area (Å²) in [6, 6.07) is 13.7. The molecular weight excluding hydrogens is 665 g/mol. The van der Waals surface area contributed by atoms with Crippen molar-refractivity contribution in [2.24, 2.45) is 11.8 Å². The van der Waals surface area contributed by atoms with Crippen molar-refractivity contribution in [2.45, 2.75) is 53.6 Å². The number of ketones is 1. The molecule has 1 N–H and O–H groups in total. The maximum Gasteiger partial charge on any atom is 0.417 e. The van der Waals surface area contributed by atoms with Crippen LogP contribution in [0.1, 0.15) is 68.1 Å². The van der Waals surface area contributed by atoms with E-state index in [1.165, 1.54) is 24.3 Å². The molecule has 4 rings (SSSR count). The molecule has 1 unspecified atom stereocenters. The number of hydrogen-bond acceptors (Lipinski definition) is 6. The van der Waals surface area contributed by atoms with Gasteiger partial charge in [0.2, 0.25) is 0 Å². The first-order valence-corrected chi connectivity index (χ1v) is 17.6. The maximum atomic E-state index is 14.4. The van der Waals surface area contributed by atoms with Gasteiger partial charge in [-0.25, -0.2) is 9.37 Å². The zero-order chi connectivity index (χ0) is 36.4. The molecule has 4 aromatic rings. The van der Waals surface area contributed by atoms with Crippen molar-refractivity contribution in [2.75, 3.05) is 26.4 Å². The first kappa shape index (κ1) is 38.5. The number of rotatable bonds is 17. The van der Waals surface area contributed by atoms with Crippen LogP contribution in [0.25, 0.3) is 26.4 Å². The van der Waals surface area contributed by atoms with E-state index in [9.17, 15) is 22.4 Å². The molecule has 0 radical (unpaired) electrons. The predicted octanol–water partition coefficient (Wildman–Crippen LogP) is 10.7. The van der Waals surface area contributed by atoms with Gasteiger partial charge in [0.15, 0.2) is 5.78 Å². The zero-order valence-electron chi connectivity index (χ0n) is 29.1. The van der Waals surface area contributed by atoms with Gasteiger partial charge in [0.25, 0.3) is 0 Å². The molecule has 0 bridgehead atoms. The molecule has 0 amide bonds. The topological polar surface area (TPSA) is 60.5 Å². The molecule has 50 heavy (non-hydrogen) atoms. The number of carbonyl (C=O) groups excluding carboxylic acids is 1. The minimum atomic E-state index is -4.65. The minimum absolute atomic E-state index is 0.0600. The smallest absolute Gasteiger partial charge is 0.417 e. The van der Waals surface area contributed by atoms with Crippen LogP contribution in [-0.4, -0.2) is 37.1 Å². The number of aryl methyl sites for hydroxylation is 1. The number of thiazole rings is 1. The molecule has 0 saturated heterocycles. The van der Waals surface area contributed by atoms with Crippen molar-refractivity contribution >= 4 is 32.9 Å². The second kappa shape index (κ2) is 17.6. The van der Waals surface area contributed by atoms with E-state index in [0.29, 0.717) is 59.2 Å². The summed E-state index contributed by atoms with van der Waals surface area (Å²) in [5, 5.41) is 3.34. The van der Waals surface area contributed by atoms with Crippen LogP contribution < -0.4 is 10.1 Å². The number of fused-ring (bicyclic) bond motifs is 1. The SMILES string of the molecule is C=C(/C=C(\C=C/C(C)CC)c1ccc(-c2nc3ccc(F)cc3s2)c(C(F)(F)F)c1)NCCOCCOc1ccc(C(=O)C(C)C)c(CC)c1. The molecule has 0 aliphatic rings. The van der Waals surface area contributed by atoms with Crippen LogP contribution in [0.5, 0.6) is 5.75 Å². The number of aromatic nitrogens is 1. The Labute approximate surface area is 295 Å². The van der Waals surface area contributed by atoms with Crippen molar-refractivity contribution < 1.29 is 31.8 Å². The lowest BCUT2D eigenvalue weighted by atomic mass is 9.95. The third-order valence-electron chi connectivity index (χ3n) is 8.16. The summed E-state index contributed by atoms with van der Waals surface area (Å²) in [6.45, 7) is 15.4. The molecule has 0 spiro atoms. The Balaban J connectivity index is 1.40. The van der Waals surface area contributed by atoms with Crippen LogP contribution in [0, 0.1) is 17.7 Å². The van der Waals surface area contributed by atoms with Crippen LogP contribution >= 0.6 is 11.3 Å². The van der Waals surface area contributed by atoms with Gasteiger partial charge < -0.3 is 14.8 Å². The molecule has 0 saturated carbocycles. The van der Waals surface area contributed by atoms with Gasteiger partial charge in [-0.3, -0.25) is 4.79 Å². The molecule has 0 fully saturated rings. The highest BCUT2D eigenvalue weighted by Crippen LogP contribution is 2.41. The fourth-order valence-corrected chi connectivity index (χ4v) is 6.17. The van der Waals surface area contributed by atoms with Crippen LogP contribution in [-0.2, 0) is 17.3 Å². The summed E-state index contributed by atoms with van der Waals surface area (Å²) in [4.78, 5) is 16.8. The molecule has 1 heterocycles. The number of halogens is 4. The van der Waals surface area contributed by atoms with Crippen molar-refractivity contribution in [3.8, 4) is 16.3 Å². The van der Waals surface area contributed by atoms with E-state index in [0.717, 1.165) is 41.4 Å². The van der Waals surface area contributed by atoms with E-state index in [1.54, 1.807) is 18.2 Å². The van der Waals surface area contributed by atoms with Gasteiger partial charge in [0, 0.05) is 29.3 Å². The Kier molecular flexibility index (Phi) is 13.5. The summed E-state index contributed by atoms with van der Waals surface area (Å²) < 4.78 is 69.1. The van der Waals surface area contributed by atoms with E-state index in [-0.39, 0.29) is 28.2 Å². The maximum absolute atomic E-state index is 14.4.